The van der Waals surface area contributed by atoms with Gasteiger partial charge in [-0.2, -0.15) is 0 Å². The Morgan fingerprint density at radius 2 is 1.95 bits per heavy atom. The Labute approximate surface area is 110 Å². The first-order valence-corrected chi connectivity index (χ1v) is 6.33. The molecule has 2 N–H and O–H groups in total. The van der Waals surface area contributed by atoms with Crippen molar-refractivity contribution in [1.29, 1.82) is 0 Å². The van der Waals surface area contributed by atoms with Gasteiger partial charge in [0.2, 0.25) is 5.91 Å². The van der Waals surface area contributed by atoms with E-state index < -0.39 is 11.9 Å². The summed E-state index contributed by atoms with van der Waals surface area (Å²) in [5.74, 6) is -1.91. The molecular formula is C14H16FNO3. The molecule has 0 saturated heterocycles. The molecule has 0 spiro atoms. The first kappa shape index (κ1) is 13.5. The summed E-state index contributed by atoms with van der Waals surface area (Å²) >= 11 is 0. The van der Waals surface area contributed by atoms with Crippen LogP contribution in [0.4, 0.5) is 4.39 Å². The zero-order valence-corrected chi connectivity index (χ0v) is 10.4. The second kappa shape index (κ2) is 5.82. The molecule has 1 saturated carbocycles. The van der Waals surface area contributed by atoms with Crippen molar-refractivity contribution in [2.75, 3.05) is 0 Å². The van der Waals surface area contributed by atoms with Crippen molar-refractivity contribution in [1.82, 2.24) is 5.32 Å². The van der Waals surface area contributed by atoms with Gasteiger partial charge >= 0.3 is 5.97 Å². The summed E-state index contributed by atoms with van der Waals surface area (Å²) < 4.78 is 12.7. The van der Waals surface area contributed by atoms with Crippen molar-refractivity contribution in [3.05, 3.63) is 35.6 Å². The molecule has 19 heavy (non-hydrogen) atoms. The lowest BCUT2D eigenvalue weighted by molar-refractivity contribution is -0.142. The maximum Gasteiger partial charge on any atom is 0.308 e. The average Bonchev–Trinajstić information content (AvgIpc) is 2.80. The largest absolute Gasteiger partial charge is 0.481 e. The predicted octanol–water partition coefficient (Wildman–Crippen LogP) is 1.74. The number of carbonyl (C=O) groups excluding carboxylic acids is 1. The summed E-state index contributed by atoms with van der Waals surface area (Å²) in [6.45, 7) is 0. The van der Waals surface area contributed by atoms with Crippen molar-refractivity contribution in [2.45, 2.75) is 31.7 Å². The SMILES string of the molecule is O=C(Cc1ccc(F)cc1)NC1CCCC1C(=O)O. The fraction of sp³-hybridized carbons (Fsp3) is 0.429. The van der Waals surface area contributed by atoms with Crippen LogP contribution < -0.4 is 5.32 Å². The van der Waals surface area contributed by atoms with Crippen molar-refractivity contribution < 1.29 is 19.1 Å². The molecule has 2 rings (SSSR count). The molecule has 4 nitrogen and oxygen atoms in total. The van der Waals surface area contributed by atoms with Gasteiger partial charge < -0.3 is 10.4 Å². The highest BCUT2D eigenvalue weighted by molar-refractivity contribution is 5.80. The normalized spacial score (nSPS) is 22.2. The number of carboxylic acids is 1. The quantitative estimate of drug-likeness (QED) is 0.871. The molecule has 1 aromatic rings. The lowest BCUT2D eigenvalue weighted by atomic mass is 10.0. The van der Waals surface area contributed by atoms with E-state index in [2.05, 4.69) is 5.32 Å². The van der Waals surface area contributed by atoms with Crippen molar-refractivity contribution >= 4 is 11.9 Å². The van der Waals surface area contributed by atoms with Gasteiger partial charge in [-0.15, -0.1) is 0 Å². The minimum atomic E-state index is -0.857. The molecule has 1 aromatic carbocycles. The third-order valence-corrected chi connectivity index (χ3v) is 3.46. The third kappa shape index (κ3) is 3.53. The Hall–Kier alpha value is -1.91. The number of hydrogen-bond donors (Lipinski definition) is 2. The molecule has 0 bridgehead atoms. The number of carboxylic acid groups (broad SMARTS) is 1. The first-order chi connectivity index (χ1) is 9.06. The number of aliphatic carboxylic acids is 1. The summed E-state index contributed by atoms with van der Waals surface area (Å²) in [5, 5.41) is 11.8. The highest BCUT2D eigenvalue weighted by Gasteiger charge is 2.33. The number of benzene rings is 1. The molecule has 1 aliphatic carbocycles. The number of hydrogen-bond acceptors (Lipinski definition) is 2. The minimum Gasteiger partial charge on any atom is -0.481 e. The van der Waals surface area contributed by atoms with Gasteiger partial charge in [0.15, 0.2) is 0 Å². The standard InChI is InChI=1S/C14H16FNO3/c15-10-6-4-9(5-7-10)8-13(17)16-12-3-1-2-11(12)14(18)19/h4-7,11-12H,1-3,8H2,(H,16,17)(H,18,19). The molecule has 2 atom stereocenters. The highest BCUT2D eigenvalue weighted by atomic mass is 19.1. The average molecular weight is 265 g/mol. The second-order valence-electron chi connectivity index (χ2n) is 4.85. The maximum atomic E-state index is 12.7. The van der Waals surface area contributed by atoms with Crippen LogP contribution >= 0.6 is 0 Å². The summed E-state index contributed by atoms with van der Waals surface area (Å²) in [5.41, 5.74) is 0.712. The molecule has 0 aromatic heterocycles. The zero-order chi connectivity index (χ0) is 13.8. The van der Waals surface area contributed by atoms with Gasteiger partial charge in [-0.3, -0.25) is 9.59 Å². The Kier molecular flexibility index (Phi) is 4.14. The van der Waals surface area contributed by atoms with E-state index in [0.29, 0.717) is 18.4 Å². The zero-order valence-electron chi connectivity index (χ0n) is 10.4. The van der Waals surface area contributed by atoms with E-state index in [1.165, 1.54) is 12.1 Å². The molecule has 0 radical (unpaired) electrons. The minimum absolute atomic E-state index is 0.142. The Morgan fingerprint density at radius 1 is 1.26 bits per heavy atom. The molecule has 0 heterocycles. The molecule has 1 aliphatic rings. The van der Waals surface area contributed by atoms with E-state index in [9.17, 15) is 14.0 Å². The van der Waals surface area contributed by atoms with Gasteiger partial charge in [-0.05, 0) is 30.5 Å². The van der Waals surface area contributed by atoms with E-state index in [1.807, 2.05) is 0 Å². The van der Waals surface area contributed by atoms with E-state index >= 15 is 0 Å². The smallest absolute Gasteiger partial charge is 0.308 e. The summed E-state index contributed by atoms with van der Waals surface area (Å²) in [6, 6.07) is 5.43. The van der Waals surface area contributed by atoms with Crippen LogP contribution in [0.5, 0.6) is 0 Å². The number of rotatable bonds is 4. The lowest BCUT2D eigenvalue weighted by Gasteiger charge is -2.17. The van der Waals surface area contributed by atoms with Crippen LogP contribution in [0.15, 0.2) is 24.3 Å². The van der Waals surface area contributed by atoms with Gasteiger partial charge in [0, 0.05) is 6.04 Å². The number of nitrogens with one attached hydrogen (secondary N) is 1. The van der Waals surface area contributed by atoms with Crippen LogP contribution in [0.2, 0.25) is 0 Å². The number of halogens is 1. The van der Waals surface area contributed by atoms with Gasteiger partial charge in [0.05, 0.1) is 12.3 Å². The van der Waals surface area contributed by atoms with Crippen LogP contribution in [0.25, 0.3) is 0 Å². The predicted molar refractivity (Wildman–Crippen MR) is 67.0 cm³/mol. The number of carbonyl (C=O) groups is 2. The van der Waals surface area contributed by atoms with Gasteiger partial charge in [0.25, 0.3) is 0 Å². The van der Waals surface area contributed by atoms with E-state index in [-0.39, 0.29) is 24.2 Å². The van der Waals surface area contributed by atoms with Crippen LogP contribution in [0.1, 0.15) is 24.8 Å². The molecule has 0 aliphatic heterocycles. The highest BCUT2D eigenvalue weighted by Crippen LogP contribution is 2.25. The molecule has 2 unspecified atom stereocenters. The van der Waals surface area contributed by atoms with Crippen molar-refractivity contribution in [3.63, 3.8) is 0 Å². The molecular weight excluding hydrogens is 249 g/mol. The Morgan fingerprint density at radius 3 is 2.58 bits per heavy atom. The summed E-state index contributed by atoms with van der Waals surface area (Å²) in [7, 11) is 0. The van der Waals surface area contributed by atoms with Crippen LogP contribution in [-0.4, -0.2) is 23.0 Å². The summed E-state index contributed by atoms with van der Waals surface area (Å²) in [4.78, 5) is 22.8. The fourth-order valence-corrected chi connectivity index (χ4v) is 2.47. The van der Waals surface area contributed by atoms with Gasteiger partial charge in [0.1, 0.15) is 5.82 Å². The second-order valence-corrected chi connectivity index (χ2v) is 4.85. The third-order valence-electron chi connectivity index (χ3n) is 3.46. The number of amides is 1. The van der Waals surface area contributed by atoms with Gasteiger partial charge in [-0.1, -0.05) is 18.6 Å². The van der Waals surface area contributed by atoms with Crippen molar-refractivity contribution in [3.8, 4) is 0 Å². The van der Waals surface area contributed by atoms with Crippen LogP contribution in [0, 0.1) is 11.7 Å². The van der Waals surface area contributed by atoms with Crippen LogP contribution in [0.3, 0.4) is 0 Å². The molecule has 102 valence electrons. The van der Waals surface area contributed by atoms with Crippen molar-refractivity contribution in [2.24, 2.45) is 5.92 Å². The topological polar surface area (TPSA) is 66.4 Å². The first-order valence-electron chi connectivity index (χ1n) is 6.33. The monoisotopic (exact) mass is 265 g/mol. The van der Waals surface area contributed by atoms with Crippen LogP contribution in [-0.2, 0) is 16.0 Å². The molecule has 5 heteroatoms. The molecule has 1 fully saturated rings. The Bertz CT molecular complexity index is 472. The lowest BCUT2D eigenvalue weighted by Crippen LogP contribution is -2.40. The maximum absolute atomic E-state index is 12.7. The van der Waals surface area contributed by atoms with E-state index in [4.69, 9.17) is 5.11 Å². The fourth-order valence-electron chi connectivity index (χ4n) is 2.47. The van der Waals surface area contributed by atoms with E-state index in [1.54, 1.807) is 12.1 Å². The van der Waals surface area contributed by atoms with Gasteiger partial charge in [-0.25, -0.2) is 4.39 Å². The Balaban J connectivity index is 1.90. The van der Waals surface area contributed by atoms with E-state index in [0.717, 1.165) is 6.42 Å². The molecule has 1 amide bonds. The summed E-state index contributed by atoms with van der Waals surface area (Å²) in [6.07, 6.45) is 2.27.